The second kappa shape index (κ2) is 8.37. The van der Waals surface area contributed by atoms with Crippen LogP contribution in [0.3, 0.4) is 0 Å². The molecule has 0 bridgehead atoms. The van der Waals surface area contributed by atoms with E-state index in [4.69, 9.17) is 14.8 Å². The Morgan fingerprint density at radius 3 is 2.21 bits per heavy atom. The molecule has 0 saturated heterocycles. The number of aliphatic hydroxyl groups is 2. The molecule has 29 heavy (non-hydrogen) atoms. The molecule has 1 heterocycles. The molecule has 1 aliphatic carbocycles. The Morgan fingerprint density at radius 2 is 1.69 bits per heavy atom. The highest BCUT2D eigenvalue weighted by Gasteiger charge is 2.51. The Kier molecular flexibility index (Phi) is 6.53. The molecule has 1 aromatic carbocycles. The summed E-state index contributed by atoms with van der Waals surface area (Å²) in [6.45, 7) is 2.19. The van der Waals surface area contributed by atoms with Crippen molar-refractivity contribution in [1.82, 2.24) is 4.98 Å². The Labute approximate surface area is 167 Å². The molecule has 0 spiro atoms. The van der Waals surface area contributed by atoms with Gasteiger partial charge in [-0.25, -0.2) is 0 Å². The highest BCUT2D eigenvalue weighted by atomic mass is 32.2. The average molecular weight is 423 g/mol. The van der Waals surface area contributed by atoms with Crippen LogP contribution in [-0.4, -0.2) is 49.6 Å². The second-order valence-corrected chi connectivity index (χ2v) is 8.54. The van der Waals surface area contributed by atoms with Gasteiger partial charge >= 0.3 is 0 Å². The number of benzene rings is 1. The van der Waals surface area contributed by atoms with Gasteiger partial charge in [0.15, 0.2) is 16.3 Å². The number of ketones is 2. The summed E-state index contributed by atoms with van der Waals surface area (Å²) in [4.78, 5) is 27.6. The molecule has 2 aromatic rings. The molecule has 0 amide bonds. The first-order valence-electron chi connectivity index (χ1n) is 8.50. The third-order valence-electron chi connectivity index (χ3n) is 4.78. The number of pyridine rings is 1. The lowest BCUT2D eigenvalue weighted by Gasteiger charge is -2.29. The number of hydrogen-bond donors (Lipinski definition) is 4. The summed E-state index contributed by atoms with van der Waals surface area (Å²) in [6.07, 6.45) is 0.919. The molecular weight excluding hydrogens is 402 g/mol. The zero-order chi connectivity index (χ0) is 22.0. The number of carbonyl (C=O) groups is 2. The molecule has 0 aliphatic heterocycles. The topological polar surface area (TPSA) is 162 Å². The summed E-state index contributed by atoms with van der Waals surface area (Å²) in [5, 5.41) is 27.0. The summed E-state index contributed by atoms with van der Waals surface area (Å²) in [5.74, 6) is -1.24. The highest BCUT2D eigenvalue weighted by molar-refractivity contribution is 7.88. The summed E-state index contributed by atoms with van der Waals surface area (Å²) in [7, 11) is -4.62. The van der Waals surface area contributed by atoms with Gasteiger partial charge in [0.2, 0.25) is 0 Å². The van der Waals surface area contributed by atoms with E-state index in [0.717, 1.165) is 6.92 Å². The van der Waals surface area contributed by atoms with Gasteiger partial charge in [0.25, 0.3) is 10.1 Å². The Balaban J connectivity index is 0.000000221. The van der Waals surface area contributed by atoms with E-state index in [2.05, 4.69) is 4.98 Å². The molecule has 3 rings (SSSR count). The standard InChI is InChI=1S/C11H10O5S.C8H11NO3/c1-11(17(14,15)16)6-9(12)7-4-2-3-5-8(7)10(11)13;1-5-8(12)7(4-11)6(3-10)2-9-5/h2-5H,6H2,1H3,(H,14,15,16);2,10-12H,3-4H2,1H3. The number of nitrogens with zero attached hydrogens (tertiary/aromatic N) is 1. The van der Waals surface area contributed by atoms with Crippen LogP contribution >= 0.6 is 0 Å². The van der Waals surface area contributed by atoms with Crippen LogP contribution < -0.4 is 0 Å². The van der Waals surface area contributed by atoms with Crippen molar-refractivity contribution in [3.8, 4) is 5.75 Å². The van der Waals surface area contributed by atoms with Crippen LogP contribution in [0.1, 0.15) is 50.9 Å². The van der Waals surface area contributed by atoms with Crippen molar-refractivity contribution in [2.75, 3.05) is 0 Å². The van der Waals surface area contributed by atoms with Crippen LogP contribution in [0, 0.1) is 6.92 Å². The van der Waals surface area contributed by atoms with Gasteiger partial charge in [0.1, 0.15) is 5.75 Å². The lowest BCUT2D eigenvalue weighted by atomic mass is 9.82. The van der Waals surface area contributed by atoms with Crippen LogP contribution in [-0.2, 0) is 23.3 Å². The molecule has 4 N–H and O–H groups in total. The van der Waals surface area contributed by atoms with Crippen molar-refractivity contribution in [2.45, 2.75) is 38.2 Å². The summed E-state index contributed by atoms with van der Waals surface area (Å²) in [6, 6.07) is 6.00. The van der Waals surface area contributed by atoms with Gasteiger partial charge in [0.05, 0.1) is 18.9 Å². The molecule has 9 nitrogen and oxygen atoms in total. The van der Waals surface area contributed by atoms with E-state index in [9.17, 15) is 23.1 Å². The first-order valence-corrected chi connectivity index (χ1v) is 9.94. The molecule has 0 radical (unpaired) electrons. The number of carbonyl (C=O) groups excluding carboxylic acids is 2. The minimum absolute atomic E-state index is 0.0379. The molecule has 1 atom stereocenters. The first kappa shape index (κ1) is 22.6. The van der Waals surface area contributed by atoms with Crippen molar-refractivity contribution in [3.63, 3.8) is 0 Å². The van der Waals surface area contributed by atoms with E-state index >= 15 is 0 Å². The number of aromatic hydroxyl groups is 1. The lowest BCUT2D eigenvalue weighted by Crippen LogP contribution is -2.48. The smallest absolute Gasteiger partial charge is 0.278 e. The largest absolute Gasteiger partial charge is 0.506 e. The molecular formula is C19H21NO8S. The molecule has 0 fully saturated rings. The maximum absolute atomic E-state index is 12.0. The van der Waals surface area contributed by atoms with E-state index in [0.29, 0.717) is 16.8 Å². The predicted molar refractivity (Wildman–Crippen MR) is 102 cm³/mol. The number of aliphatic hydroxyl groups excluding tert-OH is 2. The Bertz CT molecular complexity index is 1060. The Hall–Kier alpha value is -2.66. The van der Waals surface area contributed by atoms with E-state index in [1.807, 2.05) is 0 Å². The minimum atomic E-state index is -4.62. The van der Waals surface area contributed by atoms with E-state index in [1.165, 1.54) is 18.3 Å². The van der Waals surface area contributed by atoms with Crippen molar-refractivity contribution >= 4 is 21.7 Å². The SMILES string of the molecule is CC1(S(=O)(=O)O)CC(=O)c2ccccc2C1=O.Cc1ncc(CO)c(CO)c1O. The highest BCUT2D eigenvalue weighted by Crippen LogP contribution is 2.33. The molecule has 1 aliphatic rings. The van der Waals surface area contributed by atoms with Gasteiger partial charge in [-0.15, -0.1) is 0 Å². The third-order valence-corrected chi connectivity index (χ3v) is 6.25. The maximum Gasteiger partial charge on any atom is 0.278 e. The van der Waals surface area contributed by atoms with Gasteiger partial charge in [-0.1, -0.05) is 24.3 Å². The van der Waals surface area contributed by atoms with Crippen LogP contribution in [0.15, 0.2) is 30.5 Å². The third kappa shape index (κ3) is 4.20. The zero-order valence-electron chi connectivity index (χ0n) is 15.8. The molecule has 1 unspecified atom stereocenters. The lowest BCUT2D eigenvalue weighted by molar-refractivity contribution is 0.0846. The van der Waals surface area contributed by atoms with E-state index in [-0.39, 0.29) is 30.1 Å². The zero-order valence-corrected chi connectivity index (χ0v) is 16.6. The summed E-state index contributed by atoms with van der Waals surface area (Å²) < 4.78 is 29.6. The number of fused-ring (bicyclic) bond motifs is 1. The predicted octanol–water partition coefficient (Wildman–Crippen LogP) is 1.18. The van der Waals surface area contributed by atoms with Crippen LogP contribution in [0.4, 0.5) is 0 Å². The van der Waals surface area contributed by atoms with Crippen LogP contribution in [0.2, 0.25) is 0 Å². The van der Waals surface area contributed by atoms with Crippen molar-refractivity contribution in [1.29, 1.82) is 0 Å². The van der Waals surface area contributed by atoms with Gasteiger partial charge in [-0.05, 0) is 13.8 Å². The second-order valence-electron chi connectivity index (χ2n) is 6.69. The molecule has 156 valence electrons. The first-order chi connectivity index (χ1) is 13.5. The number of hydrogen-bond acceptors (Lipinski definition) is 8. The fourth-order valence-electron chi connectivity index (χ4n) is 2.90. The Morgan fingerprint density at radius 1 is 1.10 bits per heavy atom. The summed E-state index contributed by atoms with van der Waals surface area (Å²) >= 11 is 0. The molecule has 1 aromatic heterocycles. The van der Waals surface area contributed by atoms with Crippen LogP contribution in [0.5, 0.6) is 5.75 Å². The fraction of sp³-hybridized carbons (Fsp3) is 0.316. The van der Waals surface area contributed by atoms with Crippen molar-refractivity contribution in [2.24, 2.45) is 0 Å². The van der Waals surface area contributed by atoms with Gasteiger partial charge in [-0.3, -0.25) is 19.1 Å². The molecule has 10 heteroatoms. The number of Topliss-reactive ketones (excluding diaryl/α,β-unsaturated/α-hetero) is 2. The van der Waals surface area contributed by atoms with Crippen LogP contribution in [0.25, 0.3) is 0 Å². The van der Waals surface area contributed by atoms with Gasteiger partial charge < -0.3 is 15.3 Å². The fourth-order valence-corrected chi connectivity index (χ4v) is 3.55. The number of aryl methyl sites for hydroxylation is 1. The van der Waals surface area contributed by atoms with E-state index in [1.54, 1.807) is 19.1 Å². The monoisotopic (exact) mass is 423 g/mol. The van der Waals surface area contributed by atoms with Gasteiger partial charge in [-0.2, -0.15) is 8.42 Å². The number of rotatable bonds is 3. The quantitative estimate of drug-likeness (QED) is 0.531. The normalized spacial score (nSPS) is 18.7. The minimum Gasteiger partial charge on any atom is -0.506 e. The average Bonchev–Trinajstić information content (AvgIpc) is 2.68. The maximum atomic E-state index is 12.0. The number of aromatic nitrogens is 1. The van der Waals surface area contributed by atoms with Crippen molar-refractivity contribution in [3.05, 3.63) is 58.4 Å². The van der Waals surface area contributed by atoms with E-state index < -0.39 is 32.9 Å². The van der Waals surface area contributed by atoms with Gasteiger partial charge in [0, 0.05) is 34.9 Å². The summed E-state index contributed by atoms with van der Waals surface area (Å²) in [5.41, 5.74) is 1.52. The molecule has 0 saturated carbocycles. The van der Waals surface area contributed by atoms with Crippen molar-refractivity contribution < 1.29 is 37.9 Å².